The third-order valence-electron chi connectivity index (χ3n) is 4.49. The fourth-order valence-corrected chi connectivity index (χ4v) is 3.23. The van der Waals surface area contributed by atoms with Gasteiger partial charge in [-0.2, -0.15) is 0 Å². The first-order valence-corrected chi connectivity index (χ1v) is 12.3. The van der Waals surface area contributed by atoms with Gasteiger partial charge in [-0.3, -0.25) is 4.79 Å². The van der Waals surface area contributed by atoms with Crippen LogP contribution in [-0.4, -0.2) is 67.0 Å². The van der Waals surface area contributed by atoms with E-state index in [0.717, 1.165) is 0 Å². The fraction of sp³-hybridized carbons (Fsp3) is 0.480. The number of likely N-dealkylation sites (tertiary alicyclic amines) is 1. The zero-order chi connectivity index (χ0) is 26.0. The quantitative estimate of drug-likeness (QED) is 0.453. The molecule has 0 unspecified atom stereocenters. The lowest BCUT2D eigenvalue weighted by molar-refractivity contribution is -0.0221. The van der Waals surface area contributed by atoms with E-state index in [1.54, 1.807) is 42.3 Å². The van der Waals surface area contributed by atoms with Gasteiger partial charge in [-0.05, 0) is 67.0 Å². The maximum atomic E-state index is 12.7. The first-order valence-electron chi connectivity index (χ1n) is 11.5. The number of hydrogen-bond acceptors (Lipinski definition) is 7. The van der Waals surface area contributed by atoms with Crippen molar-refractivity contribution >= 4 is 33.6 Å². The molecule has 192 valence electrons. The SMILES string of the molecule is CC.COCCOc1cc(Br)cnc1C(=O)Nc1ccc(OC2CN(C(=O)OC(C)(C)C)C2)cc1. The number of pyridine rings is 1. The van der Waals surface area contributed by atoms with Gasteiger partial charge in [0.25, 0.3) is 5.91 Å². The predicted molar refractivity (Wildman–Crippen MR) is 137 cm³/mol. The second-order valence-electron chi connectivity index (χ2n) is 8.45. The summed E-state index contributed by atoms with van der Waals surface area (Å²) < 4.78 is 22.5. The normalized spacial score (nSPS) is 13.2. The van der Waals surface area contributed by atoms with Crippen LogP contribution in [-0.2, 0) is 9.47 Å². The van der Waals surface area contributed by atoms with Crippen LogP contribution in [0.15, 0.2) is 41.0 Å². The Balaban J connectivity index is 0.00000210. The number of nitrogens with one attached hydrogen (secondary N) is 1. The number of ether oxygens (including phenoxy) is 4. The molecule has 3 rings (SSSR count). The minimum atomic E-state index is -0.522. The van der Waals surface area contributed by atoms with Gasteiger partial charge in [0, 0.05) is 23.5 Å². The Kier molecular flexibility index (Phi) is 10.8. The first kappa shape index (κ1) is 28.4. The van der Waals surface area contributed by atoms with Gasteiger partial charge in [-0.15, -0.1) is 0 Å². The van der Waals surface area contributed by atoms with Crippen LogP contribution in [0.3, 0.4) is 0 Å². The maximum absolute atomic E-state index is 12.7. The average molecular weight is 552 g/mol. The highest BCUT2D eigenvalue weighted by Gasteiger charge is 2.35. The molecule has 1 aliphatic rings. The van der Waals surface area contributed by atoms with Crippen molar-refractivity contribution in [2.24, 2.45) is 0 Å². The van der Waals surface area contributed by atoms with Crippen LogP contribution in [0.2, 0.25) is 0 Å². The van der Waals surface area contributed by atoms with E-state index in [9.17, 15) is 9.59 Å². The van der Waals surface area contributed by atoms with Crippen LogP contribution >= 0.6 is 15.9 Å². The van der Waals surface area contributed by atoms with E-state index < -0.39 is 11.5 Å². The second-order valence-corrected chi connectivity index (χ2v) is 9.36. The average Bonchev–Trinajstić information content (AvgIpc) is 2.77. The summed E-state index contributed by atoms with van der Waals surface area (Å²) in [6.45, 7) is 11.1. The summed E-state index contributed by atoms with van der Waals surface area (Å²) in [4.78, 5) is 30.5. The van der Waals surface area contributed by atoms with E-state index in [0.29, 0.717) is 48.0 Å². The van der Waals surface area contributed by atoms with Crippen molar-refractivity contribution in [3.05, 3.63) is 46.7 Å². The topological polar surface area (TPSA) is 99.2 Å². The van der Waals surface area contributed by atoms with Gasteiger partial charge in [0.05, 0.1) is 19.7 Å². The molecular formula is C25H34BrN3O6. The molecule has 0 saturated carbocycles. The Labute approximate surface area is 215 Å². The summed E-state index contributed by atoms with van der Waals surface area (Å²) in [7, 11) is 1.57. The van der Waals surface area contributed by atoms with E-state index in [2.05, 4.69) is 26.2 Å². The molecule has 0 spiro atoms. The number of methoxy groups -OCH3 is 1. The van der Waals surface area contributed by atoms with Gasteiger partial charge in [-0.25, -0.2) is 9.78 Å². The van der Waals surface area contributed by atoms with Crippen LogP contribution in [0.4, 0.5) is 10.5 Å². The Bertz CT molecular complexity index is 972. The summed E-state index contributed by atoms with van der Waals surface area (Å²) in [6, 6.07) is 8.69. The number of hydrogen-bond donors (Lipinski definition) is 1. The standard InChI is InChI=1S/C23H28BrN3O6.C2H6/c1-23(2,3)33-22(29)27-13-18(14-27)32-17-7-5-16(6-8-17)26-21(28)20-19(31-10-9-30-4)11-15(24)12-25-20;1-2/h5-8,11-12,18H,9-10,13-14H2,1-4H3,(H,26,28);1-2H3. The lowest BCUT2D eigenvalue weighted by Gasteiger charge is -2.39. The molecular weight excluding hydrogens is 518 g/mol. The zero-order valence-corrected chi connectivity index (χ0v) is 22.7. The smallest absolute Gasteiger partial charge is 0.410 e. The number of amides is 2. The van der Waals surface area contributed by atoms with Crippen LogP contribution in [0.1, 0.15) is 45.1 Å². The number of carbonyl (C=O) groups is 2. The Morgan fingerprint density at radius 3 is 2.40 bits per heavy atom. The summed E-state index contributed by atoms with van der Waals surface area (Å²) in [5, 5.41) is 2.81. The molecule has 0 atom stereocenters. The third kappa shape index (κ3) is 9.03. The van der Waals surface area contributed by atoms with Crippen molar-refractivity contribution in [2.75, 3.05) is 38.7 Å². The van der Waals surface area contributed by atoms with E-state index in [-0.39, 0.29) is 17.9 Å². The molecule has 2 heterocycles. The summed E-state index contributed by atoms with van der Waals surface area (Å²) in [6.07, 6.45) is 1.10. The highest BCUT2D eigenvalue weighted by atomic mass is 79.9. The zero-order valence-electron chi connectivity index (χ0n) is 21.1. The number of carbonyl (C=O) groups excluding carboxylic acids is 2. The first-order chi connectivity index (χ1) is 16.6. The molecule has 0 aliphatic carbocycles. The summed E-state index contributed by atoms with van der Waals surface area (Å²) in [5.74, 6) is 0.612. The molecule has 1 aliphatic heterocycles. The van der Waals surface area contributed by atoms with Crippen LogP contribution < -0.4 is 14.8 Å². The van der Waals surface area contributed by atoms with Crippen molar-refractivity contribution in [1.82, 2.24) is 9.88 Å². The lowest BCUT2D eigenvalue weighted by Crippen LogP contribution is -2.57. The van der Waals surface area contributed by atoms with Gasteiger partial charge in [0.2, 0.25) is 0 Å². The Morgan fingerprint density at radius 2 is 1.80 bits per heavy atom. The van der Waals surface area contributed by atoms with Crippen molar-refractivity contribution < 1.29 is 28.5 Å². The lowest BCUT2D eigenvalue weighted by atomic mass is 10.1. The van der Waals surface area contributed by atoms with Gasteiger partial charge in [0.1, 0.15) is 24.1 Å². The monoisotopic (exact) mass is 551 g/mol. The molecule has 1 aromatic heterocycles. The largest absolute Gasteiger partial charge is 0.489 e. The minimum absolute atomic E-state index is 0.100. The summed E-state index contributed by atoms with van der Waals surface area (Å²) in [5.41, 5.74) is 0.238. The molecule has 2 amide bonds. The molecule has 1 aromatic carbocycles. The van der Waals surface area contributed by atoms with E-state index in [4.69, 9.17) is 18.9 Å². The van der Waals surface area contributed by atoms with Gasteiger partial charge in [-0.1, -0.05) is 13.8 Å². The fourth-order valence-electron chi connectivity index (χ4n) is 2.92. The minimum Gasteiger partial charge on any atom is -0.489 e. The molecule has 1 fully saturated rings. The van der Waals surface area contributed by atoms with E-state index >= 15 is 0 Å². The molecule has 35 heavy (non-hydrogen) atoms. The molecule has 10 heteroatoms. The summed E-state index contributed by atoms with van der Waals surface area (Å²) >= 11 is 3.34. The van der Waals surface area contributed by atoms with Gasteiger partial charge >= 0.3 is 6.09 Å². The van der Waals surface area contributed by atoms with Crippen LogP contribution in [0.5, 0.6) is 11.5 Å². The third-order valence-corrected chi connectivity index (χ3v) is 4.93. The van der Waals surface area contributed by atoms with Crippen molar-refractivity contribution in [2.45, 2.75) is 46.3 Å². The van der Waals surface area contributed by atoms with E-state index in [1.807, 2.05) is 34.6 Å². The predicted octanol–water partition coefficient (Wildman–Crippen LogP) is 5.15. The molecule has 0 bridgehead atoms. The van der Waals surface area contributed by atoms with Crippen molar-refractivity contribution in [1.29, 1.82) is 0 Å². The second kappa shape index (κ2) is 13.3. The van der Waals surface area contributed by atoms with Crippen LogP contribution in [0.25, 0.3) is 0 Å². The molecule has 2 aromatic rings. The number of anilines is 1. The highest BCUT2D eigenvalue weighted by Crippen LogP contribution is 2.25. The number of rotatable bonds is 8. The van der Waals surface area contributed by atoms with E-state index in [1.165, 1.54) is 6.20 Å². The molecule has 1 N–H and O–H groups in total. The number of benzene rings is 1. The highest BCUT2D eigenvalue weighted by molar-refractivity contribution is 9.10. The van der Waals surface area contributed by atoms with Crippen LogP contribution in [0, 0.1) is 0 Å². The van der Waals surface area contributed by atoms with Crippen molar-refractivity contribution in [3.8, 4) is 11.5 Å². The Hall–Kier alpha value is -2.85. The van der Waals surface area contributed by atoms with Gasteiger partial charge in [0.15, 0.2) is 11.4 Å². The number of aromatic nitrogens is 1. The number of halogens is 1. The molecule has 9 nitrogen and oxygen atoms in total. The van der Waals surface area contributed by atoms with Crippen molar-refractivity contribution in [3.63, 3.8) is 0 Å². The Morgan fingerprint density at radius 1 is 1.14 bits per heavy atom. The maximum Gasteiger partial charge on any atom is 0.410 e. The van der Waals surface area contributed by atoms with Gasteiger partial charge < -0.3 is 29.2 Å². The number of nitrogens with zero attached hydrogens (tertiary/aromatic N) is 2. The molecule has 0 radical (unpaired) electrons. The molecule has 1 saturated heterocycles.